The van der Waals surface area contributed by atoms with Crippen LogP contribution in [0.5, 0.6) is 0 Å². The average Bonchev–Trinajstić information content (AvgIpc) is 2.22. The number of aryl methyl sites for hydroxylation is 3. The van der Waals surface area contributed by atoms with Crippen LogP contribution in [0.15, 0.2) is 34.2 Å². The van der Waals surface area contributed by atoms with Crippen molar-refractivity contribution in [1.82, 2.24) is 9.97 Å². The summed E-state index contributed by atoms with van der Waals surface area (Å²) in [4.78, 5) is 9.59. The van der Waals surface area contributed by atoms with E-state index in [0.717, 1.165) is 5.03 Å². The summed E-state index contributed by atoms with van der Waals surface area (Å²) in [6.07, 6.45) is 0. The van der Waals surface area contributed by atoms with Gasteiger partial charge in [0.2, 0.25) is 0 Å². The Labute approximate surface area is 105 Å². The summed E-state index contributed by atoms with van der Waals surface area (Å²) >= 11 is 1.61. The van der Waals surface area contributed by atoms with Crippen LogP contribution < -0.4 is 5.73 Å². The molecule has 0 bridgehead atoms. The van der Waals surface area contributed by atoms with Gasteiger partial charge in [-0.05, 0) is 44.0 Å². The van der Waals surface area contributed by atoms with E-state index >= 15 is 0 Å². The fourth-order valence-electron chi connectivity index (χ4n) is 1.51. The average molecular weight is 245 g/mol. The third-order valence-electron chi connectivity index (χ3n) is 2.54. The Morgan fingerprint density at radius 1 is 1.00 bits per heavy atom. The molecule has 0 saturated carbocycles. The highest BCUT2D eigenvalue weighted by molar-refractivity contribution is 7.99. The molecule has 0 amide bonds. The largest absolute Gasteiger partial charge is 0.384 e. The first-order chi connectivity index (χ1) is 8.04. The van der Waals surface area contributed by atoms with E-state index in [1.807, 2.05) is 6.92 Å². The van der Waals surface area contributed by atoms with Gasteiger partial charge < -0.3 is 5.73 Å². The summed E-state index contributed by atoms with van der Waals surface area (Å²) < 4.78 is 0. The fourth-order valence-corrected chi connectivity index (χ4v) is 2.48. The molecule has 0 aliphatic heterocycles. The number of rotatable bonds is 2. The van der Waals surface area contributed by atoms with Gasteiger partial charge in [-0.2, -0.15) is 0 Å². The third kappa shape index (κ3) is 2.97. The first-order valence-corrected chi connectivity index (χ1v) is 6.22. The lowest BCUT2D eigenvalue weighted by Crippen LogP contribution is -1.96. The maximum Gasteiger partial charge on any atom is 0.128 e. The van der Waals surface area contributed by atoms with E-state index in [9.17, 15) is 0 Å². The van der Waals surface area contributed by atoms with E-state index in [-0.39, 0.29) is 0 Å². The molecule has 1 aromatic carbocycles. The highest BCUT2D eigenvalue weighted by Crippen LogP contribution is 2.28. The number of hydrogen-bond donors (Lipinski definition) is 1. The van der Waals surface area contributed by atoms with Crippen LogP contribution in [0, 0.1) is 20.8 Å². The predicted molar refractivity (Wildman–Crippen MR) is 71.2 cm³/mol. The van der Waals surface area contributed by atoms with Gasteiger partial charge in [-0.3, -0.25) is 0 Å². The van der Waals surface area contributed by atoms with Gasteiger partial charge >= 0.3 is 0 Å². The Bertz CT molecular complexity index is 532. The molecule has 0 unspecified atom stereocenters. The molecular formula is C13H15N3S. The van der Waals surface area contributed by atoms with Gasteiger partial charge in [0.1, 0.15) is 16.7 Å². The molecule has 0 spiro atoms. The second kappa shape index (κ2) is 4.75. The maximum absolute atomic E-state index is 5.70. The van der Waals surface area contributed by atoms with Crippen LogP contribution in [0.25, 0.3) is 0 Å². The molecule has 0 aliphatic rings. The van der Waals surface area contributed by atoms with Crippen LogP contribution in [0.1, 0.15) is 17.0 Å². The second-order valence-electron chi connectivity index (χ2n) is 4.03. The van der Waals surface area contributed by atoms with Crippen molar-refractivity contribution >= 4 is 17.6 Å². The van der Waals surface area contributed by atoms with Crippen molar-refractivity contribution in [1.29, 1.82) is 0 Å². The Balaban J connectivity index is 2.28. The second-order valence-corrected chi connectivity index (χ2v) is 5.12. The molecule has 1 heterocycles. The molecule has 0 atom stereocenters. The number of hydrogen-bond acceptors (Lipinski definition) is 4. The van der Waals surface area contributed by atoms with Crippen LogP contribution in [0.2, 0.25) is 0 Å². The third-order valence-corrected chi connectivity index (χ3v) is 3.44. The lowest BCUT2D eigenvalue weighted by molar-refractivity contribution is 0.975. The number of benzene rings is 1. The number of nitrogens with two attached hydrogens (primary N) is 1. The lowest BCUT2D eigenvalue weighted by Gasteiger charge is -2.05. The minimum atomic E-state index is 0.517. The number of nitrogens with zero attached hydrogens (tertiary/aromatic N) is 2. The summed E-state index contributed by atoms with van der Waals surface area (Å²) in [6.45, 7) is 6.07. The topological polar surface area (TPSA) is 51.8 Å². The van der Waals surface area contributed by atoms with Crippen LogP contribution in [0.3, 0.4) is 0 Å². The first-order valence-electron chi connectivity index (χ1n) is 5.41. The van der Waals surface area contributed by atoms with Crippen molar-refractivity contribution in [3.8, 4) is 0 Å². The van der Waals surface area contributed by atoms with Gasteiger partial charge in [0.25, 0.3) is 0 Å². The first kappa shape index (κ1) is 11.9. The standard InChI is InChI=1S/C13H15N3S/c1-8-4-5-11(6-9(8)2)17-13-7-12(14)15-10(3)16-13/h4-7H,1-3H3,(H2,14,15,16). The Morgan fingerprint density at radius 2 is 1.76 bits per heavy atom. The Morgan fingerprint density at radius 3 is 2.41 bits per heavy atom. The van der Waals surface area contributed by atoms with Gasteiger partial charge in [0, 0.05) is 11.0 Å². The van der Waals surface area contributed by atoms with E-state index in [4.69, 9.17) is 5.73 Å². The van der Waals surface area contributed by atoms with Crippen molar-refractivity contribution in [2.24, 2.45) is 0 Å². The normalized spacial score (nSPS) is 10.5. The monoisotopic (exact) mass is 245 g/mol. The molecule has 17 heavy (non-hydrogen) atoms. The molecule has 2 rings (SSSR count). The smallest absolute Gasteiger partial charge is 0.128 e. The van der Waals surface area contributed by atoms with E-state index in [0.29, 0.717) is 11.6 Å². The fraction of sp³-hybridized carbons (Fsp3) is 0.231. The molecule has 2 aromatic rings. The SMILES string of the molecule is Cc1nc(N)cc(Sc2ccc(C)c(C)c2)n1. The molecule has 88 valence electrons. The van der Waals surface area contributed by atoms with Crippen LogP contribution in [-0.2, 0) is 0 Å². The van der Waals surface area contributed by atoms with E-state index < -0.39 is 0 Å². The van der Waals surface area contributed by atoms with Crippen LogP contribution in [-0.4, -0.2) is 9.97 Å². The van der Waals surface area contributed by atoms with Gasteiger partial charge in [0.15, 0.2) is 0 Å². The number of anilines is 1. The molecule has 0 radical (unpaired) electrons. The molecule has 0 aliphatic carbocycles. The van der Waals surface area contributed by atoms with Gasteiger partial charge in [-0.1, -0.05) is 17.8 Å². The summed E-state index contributed by atoms with van der Waals surface area (Å²) in [5.74, 6) is 1.22. The summed E-state index contributed by atoms with van der Waals surface area (Å²) in [6, 6.07) is 8.18. The predicted octanol–water partition coefficient (Wildman–Crippen LogP) is 3.14. The van der Waals surface area contributed by atoms with Gasteiger partial charge in [-0.15, -0.1) is 0 Å². The van der Waals surface area contributed by atoms with E-state index in [1.54, 1.807) is 17.8 Å². The van der Waals surface area contributed by atoms with E-state index in [1.165, 1.54) is 16.0 Å². The van der Waals surface area contributed by atoms with Crippen molar-refractivity contribution < 1.29 is 0 Å². The summed E-state index contributed by atoms with van der Waals surface area (Å²) in [5, 5.41) is 0.887. The van der Waals surface area contributed by atoms with Crippen molar-refractivity contribution in [2.45, 2.75) is 30.7 Å². The molecule has 0 fully saturated rings. The summed E-state index contributed by atoms with van der Waals surface area (Å²) in [7, 11) is 0. The molecule has 3 nitrogen and oxygen atoms in total. The van der Waals surface area contributed by atoms with E-state index in [2.05, 4.69) is 42.0 Å². The molecule has 0 saturated heterocycles. The zero-order chi connectivity index (χ0) is 12.4. The minimum Gasteiger partial charge on any atom is -0.384 e. The van der Waals surface area contributed by atoms with Crippen molar-refractivity contribution in [3.05, 3.63) is 41.2 Å². The number of nitrogen functional groups attached to an aromatic ring is 1. The minimum absolute atomic E-state index is 0.517. The van der Waals surface area contributed by atoms with Gasteiger partial charge in [0.05, 0.1) is 0 Å². The molecule has 4 heteroatoms. The molecule has 2 N–H and O–H groups in total. The zero-order valence-electron chi connectivity index (χ0n) is 10.2. The molecule has 1 aromatic heterocycles. The Hall–Kier alpha value is -1.55. The lowest BCUT2D eigenvalue weighted by atomic mass is 10.1. The number of aromatic nitrogens is 2. The maximum atomic E-state index is 5.70. The van der Waals surface area contributed by atoms with Crippen LogP contribution >= 0.6 is 11.8 Å². The van der Waals surface area contributed by atoms with Gasteiger partial charge in [-0.25, -0.2) is 9.97 Å². The summed E-state index contributed by atoms with van der Waals surface area (Å²) in [5.41, 5.74) is 8.29. The van der Waals surface area contributed by atoms with Crippen molar-refractivity contribution in [3.63, 3.8) is 0 Å². The quantitative estimate of drug-likeness (QED) is 0.826. The van der Waals surface area contributed by atoms with Crippen molar-refractivity contribution in [2.75, 3.05) is 5.73 Å². The molecular weight excluding hydrogens is 230 g/mol. The van der Waals surface area contributed by atoms with Crippen LogP contribution in [0.4, 0.5) is 5.82 Å². The zero-order valence-corrected chi connectivity index (χ0v) is 11.0. The highest BCUT2D eigenvalue weighted by atomic mass is 32.2. The Kier molecular flexibility index (Phi) is 3.33. The highest BCUT2D eigenvalue weighted by Gasteiger charge is 2.03.